The summed E-state index contributed by atoms with van der Waals surface area (Å²) in [6.45, 7) is 9.28. The molecule has 0 aliphatic rings. The summed E-state index contributed by atoms with van der Waals surface area (Å²) in [5, 5.41) is 13.0. The van der Waals surface area contributed by atoms with E-state index < -0.39 is 0 Å². The van der Waals surface area contributed by atoms with Gasteiger partial charge in [-0.05, 0) is 45.4 Å². The van der Waals surface area contributed by atoms with Gasteiger partial charge in [0, 0.05) is 37.5 Å². The van der Waals surface area contributed by atoms with Crippen LogP contribution in [-0.2, 0) is 4.74 Å². The van der Waals surface area contributed by atoms with Crippen molar-refractivity contribution in [2.45, 2.75) is 33.7 Å². The van der Waals surface area contributed by atoms with Gasteiger partial charge in [0.25, 0.3) is 0 Å². The molecule has 26 heavy (non-hydrogen) atoms. The molecule has 2 aromatic rings. The van der Waals surface area contributed by atoms with Crippen LogP contribution in [0.1, 0.15) is 30.5 Å². The van der Waals surface area contributed by atoms with Crippen LogP contribution in [0.25, 0.3) is 0 Å². The maximum Gasteiger partial charge on any atom is 0.219 e. The number of pyridine rings is 1. The maximum absolute atomic E-state index is 9.51. The van der Waals surface area contributed by atoms with Crippen LogP contribution in [0.3, 0.4) is 0 Å². The van der Waals surface area contributed by atoms with Crippen molar-refractivity contribution in [2.24, 2.45) is 5.16 Å². The number of nitrogens with zero attached hydrogens (tertiary/aromatic N) is 3. The minimum Gasteiger partial charge on any atom is -0.439 e. The van der Waals surface area contributed by atoms with Crippen LogP contribution in [0.4, 0.5) is 0 Å². The lowest BCUT2D eigenvalue weighted by Gasteiger charge is -2.28. The number of hydrogen-bond acceptors (Lipinski definition) is 5. The molecule has 0 spiro atoms. The molecule has 0 amide bonds. The monoisotopic (exact) mass is 357 g/mol. The zero-order chi connectivity index (χ0) is 19.1. The predicted octanol–water partition coefficient (Wildman–Crippen LogP) is 3.98. The molecular formula is C20H27N3O3. The molecule has 2 rings (SSSR count). The third kappa shape index (κ3) is 4.95. The second-order valence-electron chi connectivity index (χ2n) is 6.46. The Morgan fingerprint density at radius 1 is 1.23 bits per heavy atom. The number of rotatable bonds is 7. The molecular weight excluding hydrogens is 330 g/mol. The average Bonchev–Trinajstić information content (AvgIpc) is 2.61. The molecule has 1 heterocycles. The first-order valence-electron chi connectivity index (χ1n) is 8.65. The standard InChI is InChI=1S/C20H27N3O3/c1-14(2)23(10-11-25-5)20(22-24)17-7-9-19(21-13-17)26-18-8-6-15(3)12-16(18)4/h6-9,12-14,24H,10-11H2,1-5H3/b22-20-. The summed E-state index contributed by atoms with van der Waals surface area (Å²) in [5.74, 6) is 1.73. The van der Waals surface area contributed by atoms with Crippen molar-refractivity contribution in [1.82, 2.24) is 9.88 Å². The maximum atomic E-state index is 9.51. The molecule has 0 atom stereocenters. The van der Waals surface area contributed by atoms with Gasteiger partial charge in [-0.25, -0.2) is 4.98 Å². The van der Waals surface area contributed by atoms with Crippen molar-refractivity contribution in [1.29, 1.82) is 0 Å². The highest BCUT2D eigenvalue weighted by atomic mass is 16.5. The van der Waals surface area contributed by atoms with Gasteiger partial charge in [-0.3, -0.25) is 0 Å². The summed E-state index contributed by atoms with van der Waals surface area (Å²) in [6.07, 6.45) is 1.65. The molecule has 1 aromatic heterocycles. The Kier molecular flexibility index (Phi) is 6.97. The van der Waals surface area contributed by atoms with Crippen molar-refractivity contribution in [3.63, 3.8) is 0 Å². The number of ether oxygens (including phenoxy) is 2. The van der Waals surface area contributed by atoms with Gasteiger partial charge in [0.1, 0.15) is 5.75 Å². The Hall–Kier alpha value is -2.60. The van der Waals surface area contributed by atoms with Crippen molar-refractivity contribution >= 4 is 5.84 Å². The summed E-state index contributed by atoms with van der Waals surface area (Å²) < 4.78 is 11.0. The molecule has 0 radical (unpaired) electrons. The van der Waals surface area contributed by atoms with E-state index in [9.17, 15) is 5.21 Å². The normalized spacial score (nSPS) is 11.7. The van der Waals surface area contributed by atoms with Crippen molar-refractivity contribution < 1.29 is 14.7 Å². The summed E-state index contributed by atoms with van der Waals surface area (Å²) in [5.41, 5.74) is 2.95. The summed E-state index contributed by atoms with van der Waals surface area (Å²) >= 11 is 0. The number of amidine groups is 1. The van der Waals surface area contributed by atoms with Gasteiger partial charge in [0.2, 0.25) is 5.88 Å². The van der Waals surface area contributed by atoms with Crippen LogP contribution in [-0.4, -0.2) is 47.2 Å². The van der Waals surface area contributed by atoms with Gasteiger partial charge in [0.15, 0.2) is 5.84 Å². The van der Waals surface area contributed by atoms with Crippen LogP contribution in [0.2, 0.25) is 0 Å². The molecule has 0 aliphatic heterocycles. The number of methoxy groups -OCH3 is 1. The average molecular weight is 357 g/mol. The Labute approximate surface area is 155 Å². The number of aromatic nitrogens is 1. The lowest BCUT2D eigenvalue weighted by Crippen LogP contribution is -2.39. The molecule has 0 aliphatic carbocycles. The number of aryl methyl sites for hydroxylation is 2. The fraction of sp³-hybridized carbons (Fsp3) is 0.400. The minimum absolute atomic E-state index is 0.155. The third-order valence-electron chi connectivity index (χ3n) is 4.07. The summed E-state index contributed by atoms with van der Waals surface area (Å²) in [7, 11) is 1.65. The van der Waals surface area contributed by atoms with E-state index in [1.165, 1.54) is 5.56 Å². The summed E-state index contributed by atoms with van der Waals surface area (Å²) in [4.78, 5) is 6.32. The molecule has 1 N–H and O–H groups in total. The summed E-state index contributed by atoms with van der Waals surface area (Å²) in [6, 6.07) is 9.77. The highest BCUT2D eigenvalue weighted by molar-refractivity contribution is 5.98. The van der Waals surface area contributed by atoms with Crippen LogP contribution in [0.15, 0.2) is 41.7 Å². The van der Waals surface area contributed by atoms with E-state index >= 15 is 0 Å². The van der Waals surface area contributed by atoms with E-state index in [1.54, 1.807) is 19.4 Å². The molecule has 0 bridgehead atoms. The van der Waals surface area contributed by atoms with E-state index in [0.29, 0.717) is 30.4 Å². The molecule has 0 saturated heterocycles. The van der Waals surface area contributed by atoms with E-state index in [1.807, 2.05) is 50.8 Å². The third-order valence-corrected chi connectivity index (χ3v) is 4.07. The van der Waals surface area contributed by atoms with Gasteiger partial charge in [0.05, 0.1) is 6.61 Å². The van der Waals surface area contributed by atoms with Crippen molar-refractivity contribution in [2.75, 3.05) is 20.3 Å². The highest BCUT2D eigenvalue weighted by Gasteiger charge is 2.18. The van der Waals surface area contributed by atoms with Gasteiger partial charge in [-0.2, -0.15) is 0 Å². The Balaban J connectivity index is 2.18. The molecule has 0 unspecified atom stereocenters. The lowest BCUT2D eigenvalue weighted by molar-refractivity contribution is 0.164. The topological polar surface area (TPSA) is 67.2 Å². The van der Waals surface area contributed by atoms with Crippen LogP contribution >= 0.6 is 0 Å². The Bertz CT molecular complexity index is 742. The second kappa shape index (κ2) is 9.20. The lowest BCUT2D eigenvalue weighted by atomic mass is 10.1. The molecule has 6 heteroatoms. The second-order valence-corrected chi connectivity index (χ2v) is 6.46. The SMILES string of the molecule is COCCN(/C(=N\O)c1ccc(Oc2ccc(C)cc2C)nc1)C(C)C. The first-order chi connectivity index (χ1) is 12.5. The molecule has 140 valence electrons. The van der Waals surface area contributed by atoms with Crippen LogP contribution < -0.4 is 4.74 Å². The quantitative estimate of drug-likeness (QED) is 0.351. The Morgan fingerprint density at radius 2 is 2.00 bits per heavy atom. The van der Waals surface area contributed by atoms with E-state index in [-0.39, 0.29) is 6.04 Å². The van der Waals surface area contributed by atoms with Crippen molar-refractivity contribution in [3.05, 3.63) is 53.2 Å². The first kappa shape index (κ1) is 19.7. The predicted molar refractivity (Wildman–Crippen MR) is 102 cm³/mol. The fourth-order valence-corrected chi connectivity index (χ4v) is 2.68. The van der Waals surface area contributed by atoms with Crippen LogP contribution in [0, 0.1) is 13.8 Å². The number of oxime groups is 1. The van der Waals surface area contributed by atoms with E-state index in [2.05, 4.69) is 16.2 Å². The zero-order valence-electron chi connectivity index (χ0n) is 16.1. The molecule has 6 nitrogen and oxygen atoms in total. The highest BCUT2D eigenvalue weighted by Crippen LogP contribution is 2.24. The minimum atomic E-state index is 0.155. The van der Waals surface area contributed by atoms with Gasteiger partial charge in [-0.15, -0.1) is 0 Å². The Morgan fingerprint density at radius 3 is 2.54 bits per heavy atom. The van der Waals surface area contributed by atoms with Gasteiger partial charge < -0.3 is 19.6 Å². The molecule has 0 fully saturated rings. The van der Waals surface area contributed by atoms with E-state index in [0.717, 1.165) is 11.3 Å². The van der Waals surface area contributed by atoms with Crippen molar-refractivity contribution in [3.8, 4) is 11.6 Å². The largest absolute Gasteiger partial charge is 0.439 e. The zero-order valence-corrected chi connectivity index (χ0v) is 16.1. The van der Waals surface area contributed by atoms with Crippen LogP contribution in [0.5, 0.6) is 11.6 Å². The first-order valence-corrected chi connectivity index (χ1v) is 8.65. The number of hydrogen-bond donors (Lipinski definition) is 1. The van der Waals surface area contributed by atoms with Gasteiger partial charge >= 0.3 is 0 Å². The van der Waals surface area contributed by atoms with Gasteiger partial charge in [-0.1, -0.05) is 22.9 Å². The fourth-order valence-electron chi connectivity index (χ4n) is 2.68. The van der Waals surface area contributed by atoms with E-state index in [4.69, 9.17) is 9.47 Å². The number of benzene rings is 1. The molecule has 1 aromatic carbocycles. The smallest absolute Gasteiger partial charge is 0.219 e. The molecule has 0 saturated carbocycles.